The number of hydrogen-bond donors (Lipinski definition) is 0. The molecule has 5 heteroatoms. The average Bonchev–Trinajstić information content (AvgIpc) is 2.74. The number of carbonyl (C=O) groups excluding carboxylic acids is 1. The summed E-state index contributed by atoms with van der Waals surface area (Å²) in [5.74, 6) is -0.388. The van der Waals surface area contributed by atoms with Crippen molar-refractivity contribution in [2.24, 2.45) is 0 Å². The van der Waals surface area contributed by atoms with Gasteiger partial charge in [-0.1, -0.05) is 23.7 Å². The van der Waals surface area contributed by atoms with Crippen molar-refractivity contribution in [3.05, 3.63) is 52.3 Å². The van der Waals surface area contributed by atoms with Crippen molar-refractivity contribution in [3.63, 3.8) is 0 Å². The Morgan fingerprint density at radius 1 is 1.37 bits per heavy atom. The van der Waals surface area contributed by atoms with Crippen LogP contribution >= 0.6 is 11.6 Å². The smallest absolute Gasteiger partial charge is 0.358 e. The van der Waals surface area contributed by atoms with Gasteiger partial charge in [0.2, 0.25) is 0 Å². The van der Waals surface area contributed by atoms with Crippen LogP contribution in [0.3, 0.4) is 0 Å². The van der Waals surface area contributed by atoms with Crippen LogP contribution in [0.2, 0.25) is 5.02 Å². The molecule has 0 unspecified atom stereocenters. The lowest BCUT2D eigenvalue weighted by Gasteiger charge is -2.04. The number of esters is 1. The van der Waals surface area contributed by atoms with Gasteiger partial charge in [-0.3, -0.25) is 4.68 Å². The first-order chi connectivity index (χ1) is 9.10. The van der Waals surface area contributed by atoms with Gasteiger partial charge in [-0.25, -0.2) is 4.79 Å². The van der Waals surface area contributed by atoms with Gasteiger partial charge in [0.1, 0.15) is 0 Å². The SMILES string of the molecule is CCOC(=O)c1cc(C)n(Cc2ccc(Cl)cc2)n1. The van der Waals surface area contributed by atoms with Crippen LogP contribution in [0, 0.1) is 6.92 Å². The van der Waals surface area contributed by atoms with Crippen molar-refractivity contribution < 1.29 is 9.53 Å². The molecule has 0 atom stereocenters. The molecule has 0 fully saturated rings. The number of hydrogen-bond acceptors (Lipinski definition) is 3. The van der Waals surface area contributed by atoms with Crippen LogP contribution in [0.1, 0.15) is 28.7 Å². The highest BCUT2D eigenvalue weighted by atomic mass is 35.5. The second-order valence-electron chi connectivity index (χ2n) is 4.18. The Kier molecular flexibility index (Phi) is 4.22. The molecule has 0 bridgehead atoms. The Hall–Kier alpha value is -1.81. The molecule has 0 saturated heterocycles. The predicted molar refractivity (Wildman–Crippen MR) is 73.5 cm³/mol. The summed E-state index contributed by atoms with van der Waals surface area (Å²) in [7, 11) is 0. The molecule has 0 saturated carbocycles. The zero-order valence-corrected chi connectivity index (χ0v) is 11.6. The monoisotopic (exact) mass is 278 g/mol. The molecular formula is C14H15ClN2O2. The standard InChI is InChI=1S/C14H15ClN2O2/c1-3-19-14(18)13-8-10(2)17(16-13)9-11-4-6-12(15)7-5-11/h4-8H,3,9H2,1-2H3. The highest BCUT2D eigenvalue weighted by molar-refractivity contribution is 6.30. The fraction of sp³-hybridized carbons (Fsp3) is 0.286. The van der Waals surface area contributed by atoms with Crippen molar-refractivity contribution in [1.29, 1.82) is 0 Å². The van der Waals surface area contributed by atoms with Gasteiger partial charge in [0.05, 0.1) is 13.2 Å². The van der Waals surface area contributed by atoms with E-state index in [9.17, 15) is 4.79 Å². The maximum Gasteiger partial charge on any atom is 0.358 e. The summed E-state index contributed by atoms with van der Waals surface area (Å²) < 4.78 is 6.70. The van der Waals surface area contributed by atoms with Gasteiger partial charge in [0.15, 0.2) is 5.69 Å². The summed E-state index contributed by atoms with van der Waals surface area (Å²) >= 11 is 5.84. The molecule has 0 aliphatic rings. The molecule has 1 aromatic carbocycles. The summed E-state index contributed by atoms with van der Waals surface area (Å²) in [6.07, 6.45) is 0. The second kappa shape index (κ2) is 5.89. The fourth-order valence-corrected chi connectivity index (χ4v) is 1.86. The first kappa shape index (κ1) is 13.6. The third-order valence-electron chi connectivity index (χ3n) is 2.71. The summed E-state index contributed by atoms with van der Waals surface area (Å²) in [5, 5.41) is 4.96. The first-order valence-electron chi connectivity index (χ1n) is 6.06. The van der Waals surface area contributed by atoms with E-state index in [-0.39, 0.29) is 5.97 Å². The van der Waals surface area contributed by atoms with Gasteiger partial charge >= 0.3 is 5.97 Å². The third-order valence-corrected chi connectivity index (χ3v) is 2.96. The van der Waals surface area contributed by atoms with E-state index in [4.69, 9.17) is 16.3 Å². The number of rotatable bonds is 4. The first-order valence-corrected chi connectivity index (χ1v) is 6.44. The minimum atomic E-state index is -0.388. The number of aromatic nitrogens is 2. The minimum Gasteiger partial charge on any atom is -0.461 e. The molecule has 0 N–H and O–H groups in total. The number of halogens is 1. The Morgan fingerprint density at radius 3 is 2.68 bits per heavy atom. The van der Waals surface area contributed by atoms with Crippen LogP contribution in [-0.2, 0) is 11.3 Å². The zero-order valence-electron chi connectivity index (χ0n) is 10.9. The molecule has 1 heterocycles. The maximum atomic E-state index is 11.6. The molecule has 0 amide bonds. The molecule has 0 spiro atoms. The summed E-state index contributed by atoms with van der Waals surface area (Å²) in [6.45, 7) is 4.63. The van der Waals surface area contributed by atoms with E-state index in [0.29, 0.717) is 23.9 Å². The molecule has 1 aromatic heterocycles. The van der Waals surface area contributed by atoms with Crippen LogP contribution in [0.25, 0.3) is 0 Å². The minimum absolute atomic E-state index is 0.341. The number of carbonyl (C=O) groups is 1. The largest absolute Gasteiger partial charge is 0.461 e. The molecule has 100 valence electrons. The predicted octanol–water partition coefficient (Wildman–Crippen LogP) is 3.07. The van der Waals surface area contributed by atoms with E-state index < -0.39 is 0 Å². The van der Waals surface area contributed by atoms with Gasteiger partial charge in [-0.15, -0.1) is 0 Å². The van der Waals surface area contributed by atoms with Gasteiger partial charge in [0.25, 0.3) is 0 Å². The van der Waals surface area contributed by atoms with Crippen molar-refractivity contribution in [3.8, 4) is 0 Å². The number of ether oxygens (including phenoxy) is 1. The van der Waals surface area contributed by atoms with Crippen LogP contribution in [-0.4, -0.2) is 22.4 Å². The lowest BCUT2D eigenvalue weighted by Crippen LogP contribution is -2.08. The molecule has 0 aliphatic heterocycles. The van der Waals surface area contributed by atoms with Crippen molar-refractivity contribution in [2.45, 2.75) is 20.4 Å². The van der Waals surface area contributed by atoms with E-state index >= 15 is 0 Å². The molecule has 0 radical (unpaired) electrons. The van der Waals surface area contributed by atoms with E-state index in [1.54, 1.807) is 17.7 Å². The number of benzene rings is 1. The van der Waals surface area contributed by atoms with E-state index in [2.05, 4.69) is 5.10 Å². The van der Waals surface area contributed by atoms with Crippen LogP contribution < -0.4 is 0 Å². The Bertz CT molecular complexity index is 576. The average molecular weight is 279 g/mol. The van der Waals surface area contributed by atoms with Gasteiger partial charge in [-0.05, 0) is 37.6 Å². The van der Waals surface area contributed by atoms with E-state index in [1.807, 2.05) is 31.2 Å². The van der Waals surface area contributed by atoms with E-state index in [0.717, 1.165) is 11.3 Å². The summed E-state index contributed by atoms with van der Waals surface area (Å²) in [5.41, 5.74) is 2.33. The molecule has 2 rings (SSSR count). The maximum absolute atomic E-state index is 11.6. The van der Waals surface area contributed by atoms with E-state index in [1.165, 1.54) is 0 Å². The zero-order chi connectivity index (χ0) is 13.8. The number of nitrogens with zero attached hydrogens (tertiary/aromatic N) is 2. The van der Waals surface area contributed by atoms with Crippen LogP contribution in [0.5, 0.6) is 0 Å². The lowest BCUT2D eigenvalue weighted by molar-refractivity contribution is 0.0518. The highest BCUT2D eigenvalue weighted by Gasteiger charge is 2.13. The topological polar surface area (TPSA) is 44.1 Å². The highest BCUT2D eigenvalue weighted by Crippen LogP contribution is 2.12. The quantitative estimate of drug-likeness (QED) is 0.808. The Labute approximate surface area is 116 Å². The Morgan fingerprint density at radius 2 is 2.05 bits per heavy atom. The number of aryl methyl sites for hydroxylation is 1. The summed E-state index contributed by atoms with van der Waals surface area (Å²) in [4.78, 5) is 11.6. The third kappa shape index (κ3) is 3.35. The summed E-state index contributed by atoms with van der Waals surface area (Å²) in [6, 6.07) is 9.28. The van der Waals surface area contributed by atoms with Crippen LogP contribution in [0.4, 0.5) is 0 Å². The van der Waals surface area contributed by atoms with Gasteiger partial charge in [-0.2, -0.15) is 5.10 Å². The molecular weight excluding hydrogens is 264 g/mol. The fourth-order valence-electron chi connectivity index (χ4n) is 1.74. The molecule has 19 heavy (non-hydrogen) atoms. The molecule has 2 aromatic rings. The normalized spacial score (nSPS) is 10.5. The van der Waals surface area contributed by atoms with Crippen molar-refractivity contribution in [2.75, 3.05) is 6.61 Å². The molecule has 4 nitrogen and oxygen atoms in total. The van der Waals surface area contributed by atoms with Crippen molar-refractivity contribution in [1.82, 2.24) is 9.78 Å². The van der Waals surface area contributed by atoms with Gasteiger partial charge in [0, 0.05) is 10.7 Å². The van der Waals surface area contributed by atoms with Crippen molar-refractivity contribution >= 4 is 17.6 Å². The lowest BCUT2D eigenvalue weighted by atomic mass is 10.2. The second-order valence-corrected chi connectivity index (χ2v) is 4.61. The van der Waals surface area contributed by atoms with Crippen LogP contribution in [0.15, 0.2) is 30.3 Å². The Balaban J connectivity index is 2.17. The van der Waals surface area contributed by atoms with Gasteiger partial charge < -0.3 is 4.74 Å². The molecule has 0 aliphatic carbocycles.